The summed E-state index contributed by atoms with van der Waals surface area (Å²) in [4.78, 5) is 53.6. The van der Waals surface area contributed by atoms with Gasteiger partial charge in [0.15, 0.2) is 5.82 Å². The second-order valence-corrected chi connectivity index (χ2v) is 8.81. The first kappa shape index (κ1) is 29.6. The molecule has 6 N–H and O–H groups in total. The van der Waals surface area contributed by atoms with Crippen LogP contribution in [0, 0.1) is 19.3 Å². The first-order valence-corrected chi connectivity index (χ1v) is 12.3. The largest absolute Gasteiger partial charge is 0.427 e. The van der Waals surface area contributed by atoms with Gasteiger partial charge in [0.2, 0.25) is 6.79 Å². The van der Waals surface area contributed by atoms with Gasteiger partial charge in [0.25, 0.3) is 11.8 Å². The molecule has 212 valence electrons. The van der Waals surface area contributed by atoms with Gasteiger partial charge in [-0.1, -0.05) is 18.1 Å². The average Bonchev–Trinajstić information content (AvgIpc) is 3.57. The van der Waals surface area contributed by atoms with Gasteiger partial charge in [0, 0.05) is 30.1 Å². The third-order valence-corrected chi connectivity index (χ3v) is 5.73. The Balaban J connectivity index is 1.72. The van der Waals surface area contributed by atoms with E-state index in [0.717, 1.165) is 10.5 Å². The number of H-pyrrole nitrogens is 1. The third-order valence-electron chi connectivity index (χ3n) is 5.73. The molecule has 0 aliphatic heterocycles. The summed E-state index contributed by atoms with van der Waals surface area (Å²) >= 11 is 0. The predicted molar refractivity (Wildman–Crippen MR) is 144 cm³/mol. The smallest absolute Gasteiger partial charge is 0.419 e. The number of nitrogens with two attached hydrogens (primary N) is 1. The molecule has 3 rings (SSSR count). The predicted octanol–water partition coefficient (Wildman–Crippen LogP) is 3.15. The van der Waals surface area contributed by atoms with Crippen LogP contribution < -0.4 is 16.4 Å². The van der Waals surface area contributed by atoms with Gasteiger partial charge in [0.1, 0.15) is 18.1 Å². The lowest BCUT2D eigenvalue weighted by Gasteiger charge is -2.20. The molecule has 1 aromatic carbocycles. The van der Waals surface area contributed by atoms with Crippen molar-refractivity contribution in [2.24, 2.45) is 5.73 Å². The van der Waals surface area contributed by atoms with Gasteiger partial charge in [0.05, 0.1) is 11.3 Å². The summed E-state index contributed by atoms with van der Waals surface area (Å²) in [6.45, 7) is 6.01. The van der Waals surface area contributed by atoms with Gasteiger partial charge in [-0.25, -0.2) is 9.69 Å². The number of rotatable bonds is 10. The van der Waals surface area contributed by atoms with Gasteiger partial charge >= 0.3 is 12.1 Å². The number of carbonyl (C=O) groups excluding carboxylic acids is 4. The summed E-state index contributed by atoms with van der Waals surface area (Å²) in [6, 6.07) is 5.56. The quantitative estimate of drug-likeness (QED) is 0.107. The zero-order chi connectivity index (χ0) is 29.4. The maximum Gasteiger partial charge on any atom is 0.419 e. The summed E-state index contributed by atoms with van der Waals surface area (Å²) in [7, 11) is 0. The molecular formula is C26H31N7O7. The van der Waals surface area contributed by atoms with Gasteiger partial charge < -0.3 is 35.3 Å². The molecule has 1 atom stereocenters. The number of imide groups is 1. The fourth-order valence-corrected chi connectivity index (χ4v) is 3.53. The molecule has 0 saturated carbocycles. The highest BCUT2D eigenvalue weighted by Crippen LogP contribution is 2.21. The minimum atomic E-state index is -0.990. The number of aromatic nitrogens is 2. The number of ether oxygens (including phenoxy) is 2. The van der Waals surface area contributed by atoms with Crippen molar-refractivity contribution < 1.29 is 33.2 Å². The molecule has 0 aliphatic rings. The maximum absolute atomic E-state index is 13.2. The highest BCUT2D eigenvalue weighted by Gasteiger charge is 2.27. The van der Waals surface area contributed by atoms with E-state index in [0.29, 0.717) is 28.9 Å². The SMILES string of the molecule is CCCN(C(=O)OCOC(=O)C(C)N)C(=O)c1c[nH]c(C(=N)Nc2cc(C(=O)Nc3ccon3)ccc2C)c1C. The van der Waals surface area contributed by atoms with Crippen LogP contribution in [-0.4, -0.2) is 64.1 Å². The molecule has 3 aromatic rings. The van der Waals surface area contributed by atoms with Gasteiger partial charge in [-0.15, -0.1) is 0 Å². The highest BCUT2D eigenvalue weighted by molar-refractivity contribution is 6.11. The number of esters is 1. The number of nitrogens with one attached hydrogen (secondary N) is 4. The minimum Gasteiger partial charge on any atom is -0.427 e. The lowest BCUT2D eigenvalue weighted by Crippen LogP contribution is -2.39. The van der Waals surface area contributed by atoms with Crippen molar-refractivity contribution in [2.75, 3.05) is 24.0 Å². The lowest BCUT2D eigenvalue weighted by molar-refractivity contribution is -0.153. The molecule has 0 fully saturated rings. The van der Waals surface area contributed by atoms with Crippen molar-refractivity contribution in [2.45, 2.75) is 40.2 Å². The topological polar surface area (TPSA) is 206 Å². The number of amides is 3. The number of nitrogens with zero attached hydrogens (tertiary/aromatic N) is 2. The molecule has 14 heteroatoms. The Bertz CT molecular complexity index is 1400. The van der Waals surface area contributed by atoms with E-state index in [4.69, 9.17) is 25.1 Å². The molecule has 0 radical (unpaired) electrons. The van der Waals surface area contributed by atoms with Crippen LogP contribution >= 0.6 is 0 Å². The lowest BCUT2D eigenvalue weighted by atomic mass is 10.1. The minimum absolute atomic E-state index is 0.0525. The van der Waals surface area contributed by atoms with Gasteiger partial charge in [-0.05, 0) is 50.5 Å². The number of benzene rings is 1. The summed E-state index contributed by atoms with van der Waals surface area (Å²) < 4.78 is 14.4. The normalized spacial score (nSPS) is 11.3. The van der Waals surface area contributed by atoms with E-state index < -0.39 is 36.7 Å². The fraction of sp³-hybridized carbons (Fsp3) is 0.308. The summed E-state index contributed by atoms with van der Waals surface area (Å²) in [5, 5.41) is 17.8. The van der Waals surface area contributed by atoms with Crippen LogP contribution in [0.4, 0.5) is 16.3 Å². The molecule has 0 bridgehead atoms. The maximum atomic E-state index is 13.2. The highest BCUT2D eigenvalue weighted by atomic mass is 16.7. The standard InChI is InChI=1S/C26H31N7O7/c1-5-9-33(26(37)39-13-38-25(36)16(4)27)24(35)18-12-29-21(15(18)3)22(28)30-19-11-17(7-6-14(19)2)23(34)31-20-8-10-40-32-20/h6-8,10-12,16,29H,5,9,13,27H2,1-4H3,(H2,28,30)(H,31,32,34). The molecule has 0 saturated heterocycles. The second-order valence-electron chi connectivity index (χ2n) is 8.81. The van der Waals surface area contributed by atoms with E-state index in [2.05, 4.69) is 20.8 Å². The second kappa shape index (κ2) is 13.2. The molecule has 0 spiro atoms. The van der Waals surface area contributed by atoms with E-state index in [1.807, 2.05) is 6.92 Å². The summed E-state index contributed by atoms with van der Waals surface area (Å²) in [5.74, 6) is -1.63. The summed E-state index contributed by atoms with van der Waals surface area (Å²) in [6.07, 6.45) is 2.19. The zero-order valence-corrected chi connectivity index (χ0v) is 22.5. The Morgan fingerprint density at radius 3 is 2.58 bits per heavy atom. The first-order chi connectivity index (χ1) is 19.0. The molecule has 3 amide bonds. The van der Waals surface area contributed by atoms with E-state index in [-0.39, 0.29) is 23.8 Å². The van der Waals surface area contributed by atoms with Crippen molar-refractivity contribution in [1.82, 2.24) is 15.0 Å². The average molecular weight is 554 g/mol. The Hall–Kier alpha value is -4.98. The van der Waals surface area contributed by atoms with Crippen molar-refractivity contribution in [3.63, 3.8) is 0 Å². The van der Waals surface area contributed by atoms with Crippen LogP contribution in [0.5, 0.6) is 0 Å². The van der Waals surface area contributed by atoms with Gasteiger partial charge in [-0.3, -0.25) is 19.8 Å². The van der Waals surface area contributed by atoms with Crippen LogP contribution in [0.2, 0.25) is 0 Å². The van der Waals surface area contributed by atoms with Crippen LogP contribution in [0.15, 0.2) is 41.2 Å². The number of carbonyl (C=O) groups is 4. The first-order valence-electron chi connectivity index (χ1n) is 12.3. The van der Waals surface area contributed by atoms with Gasteiger partial charge in [-0.2, -0.15) is 0 Å². The van der Waals surface area contributed by atoms with Crippen LogP contribution in [0.3, 0.4) is 0 Å². The number of aromatic amines is 1. The molecule has 2 aromatic heterocycles. The molecule has 0 aliphatic carbocycles. The molecule has 40 heavy (non-hydrogen) atoms. The zero-order valence-electron chi connectivity index (χ0n) is 22.5. The molecule has 14 nitrogen and oxygen atoms in total. The monoisotopic (exact) mass is 553 g/mol. The van der Waals surface area contributed by atoms with Crippen molar-refractivity contribution in [3.8, 4) is 0 Å². The molecular weight excluding hydrogens is 522 g/mol. The Kier molecular flexibility index (Phi) is 9.76. The summed E-state index contributed by atoms with van der Waals surface area (Å²) in [5.41, 5.74) is 7.86. The van der Waals surface area contributed by atoms with E-state index >= 15 is 0 Å². The van der Waals surface area contributed by atoms with Crippen molar-refractivity contribution >= 4 is 41.2 Å². The number of hydrogen-bond donors (Lipinski definition) is 5. The molecule has 2 heterocycles. The number of hydrogen-bond acceptors (Lipinski definition) is 10. The van der Waals surface area contributed by atoms with Crippen LogP contribution in [0.1, 0.15) is 57.8 Å². The third kappa shape index (κ3) is 7.11. The van der Waals surface area contributed by atoms with E-state index in [1.165, 1.54) is 25.5 Å². The fourth-order valence-electron chi connectivity index (χ4n) is 3.53. The van der Waals surface area contributed by atoms with E-state index in [9.17, 15) is 19.2 Å². The Labute approximate surface area is 229 Å². The van der Waals surface area contributed by atoms with Crippen molar-refractivity contribution in [1.29, 1.82) is 5.41 Å². The van der Waals surface area contributed by atoms with E-state index in [1.54, 1.807) is 32.0 Å². The Morgan fingerprint density at radius 2 is 1.93 bits per heavy atom. The number of anilines is 2. The van der Waals surface area contributed by atoms with Crippen LogP contribution in [0.25, 0.3) is 0 Å². The van der Waals surface area contributed by atoms with Crippen molar-refractivity contribution in [3.05, 3.63) is 64.7 Å². The van der Waals surface area contributed by atoms with Crippen LogP contribution in [-0.2, 0) is 14.3 Å². The number of aryl methyl sites for hydroxylation is 1. The number of amidine groups is 1. The Morgan fingerprint density at radius 1 is 1.18 bits per heavy atom. The molecule has 1 unspecified atom stereocenters.